The second-order valence-electron chi connectivity index (χ2n) is 9.82. The first-order valence-electron chi connectivity index (χ1n) is 12.2. The van der Waals surface area contributed by atoms with Gasteiger partial charge in [-0.15, -0.1) is 0 Å². The molecule has 10 nitrogen and oxygen atoms in total. The molecule has 0 spiro atoms. The molecule has 200 valence electrons. The summed E-state index contributed by atoms with van der Waals surface area (Å²) in [6.07, 6.45) is 5.43. The normalized spacial score (nSPS) is 15.4. The zero-order chi connectivity index (χ0) is 26.6. The van der Waals surface area contributed by atoms with Gasteiger partial charge >= 0.3 is 0 Å². The Balaban J connectivity index is 1.56. The van der Waals surface area contributed by atoms with Crippen LogP contribution < -0.4 is 14.8 Å². The average Bonchev–Trinajstić information content (AvgIpc) is 3.43. The number of nitrogens with one attached hydrogen (secondary N) is 1. The lowest BCUT2D eigenvalue weighted by Gasteiger charge is -2.27. The highest BCUT2D eigenvalue weighted by molar-refractivity contribution is 6.33. The number of carbonyl (C=O) groups excluding carboxylic acids is 1. The van der Waals surface area contributed by atoms with E-state index in [1.807, 2.05) is 0 Å². The molecule has 3 heterocycles. The second kappa shape index (κ2) is 11.5. The van der Waals surface area contributed by atoms with Crippen LogP contribution in [0.4, 0.5) is 5.82 Å². The Labute approximate surface area is 220 Å². The summed E-state index contributed by atoms with van der Waals surface area (Å²) < 4.78 is 19.7. The van der Waals surface area contributed by atoms with Gasteiger partial charge in [-0.3, -0.25) is 9.48 Å². The highest BCUT2D eigenvalue weighted by Crippen LogP contribution is 2.39. The Kier molecular flexibility index (Phi) is 8.31. The van der Waals surface area contributed by atoms with Crippen LogP contribution in [0, 0.1) is 5.92 Å². The third-order valence-corrected chi connectivity index (χ3v) is 6.53. The number of aromatic nitrogens is 3. The number of amides is 1. The third-order valence-electron chi connectivity index (χ3n) is 6.15. The van der Waals surface area contributed by atoms with E-state index < -0.39 is 11.6 Å². The van der Waals surface area contributed by atoms with Crippen molar-refractivity contribution in [2.45, 2.75) is 51.3 Å². The number of ether oxygens (including phenoxy) is 3. The van der Waals surface area contributed by atoms with Gasteiger partial charge in [0.2, 0.25) is 5.91 Å². The monoisotopic (exact) mass is 532 g/mol. The van der Waals surface area contributed by atoms with Gasteiger partial charge in [0, 0.05) is 31.5 Å². The van der Waals surface area contributed by atoms with Gasteiger partial charge in [0.15, 0.2) is 11.7 Å². The molecule has 1 aromatic carbocycles. The topological polar surface area (TPSA) is 120 Å². The Bertz CT molecular complexity index is 1210. The lowest BCUT2D eigenvalue weighted by Crippen LogP contribution is -2.30. The molecule has 1 saturated heterocycles. The second-order valence-corrected chi connectivity index (χ2v) is 10.2. The molecule has 1 aliphatic heterocycles. The van der Waals surface area contributed by atoms with Gasteiger partial charge in [-0.2, -0.15) is 5.10 Å². The minimum Gasteiger partial charge on any atom is -0.495 e. The molecular weight excluding hydrogens is 500 g/mol. The first-order valence-corrected chi connectivity index (χ1v) is 12.6. The number of hydrogen-bond donors (Lipinski definition) is 3. The number of aliphatic hydroxyl groups is 1. The van der Waals surface area contributed by atoms with Crippen molar-refractivity contribution in [1.29, 1.82) is 0 Å². The van der Waals surface area contributed by atoms with Crippen LogP contribution in [0.5, 0.6) is 23.1 Å². The van der Waals surface area contributed by atoms with Gasteiger partial charge in [0.1, 0.15) is 28.3 Å². The van der Waals surface area contributed by atoms with Crippen LogP contribution in [0.15, 0.2) is 42.7 Å². The van der Waals surface area contributed by atoms with E-state index in [0.29, 0.717) is 47.7 Å². The zero-order valence-corrected chi connectivity index (χ0v) is 21.9. The van der Waals surface area contributed by atoms with E-state index in [-0.39, 0.29) is 24.2 Å². The number of benzene rings is 1. The maximum Gasteiger partial charge on any atom is 0.248 e. The molecule has 1 aliphatic rings. The Morgan fingerprint density at radius 3 is 2.73 bits per heavy atom. The molecule has 0 unspecified atom stereocenters. The van der Waals surface area contributed by atoms with Crippen LogP contribution in [-0.2, 0) is 16.1 Å². The molecule has 1 amide bonds. The van der Waals surface area contributed by atoms with Crippen molar-refractivity contribution in [3.63, 3.8) is 0 Å². The van der Waals surface area contributed by atoms with E-state index in [4.69, 9.17) is 25.8 Å². The minimum atomic E-state index is -0.947. The number of aromatic hydroxyl groups is 1. The largest absolute Gasteiger partial charge is 0.495 e. The maximum atomic E-state index is 13.5. The third kappa shape index (κ3) is 6.97. The molecule has 11 heteroatoms. The molecule has 3 N–H and O–H groups in total. The first-order chi connectivity index (χ1) is 17.6. The summed E-state index contributed by atoms with van der Waals surface area (Å²) in [7, 11) is 1.51. The summed E-state index contributed by atoms with van der Waals surface area (Å²) in [4.78, 5) is 13.5. The highest BCUT2D eigenvalue weighted by atomic mass is 35.5. The van der Waals surface area contributed by atoms with Gasteiger partial charge in [-0.1, -0.05) is 17.7 Å². The predicted octanol–water partition coefficient (Wildman–Crippen LogP) is 4.61. The molecule has 0 aliphatic carbocycles. The highest BCUT2D eigenvalue weighted by Gasteiger charge is 2.29. The van der Waals surface area contributed by atoms with Crippen LogP contribution in [-0.4, -0.2) is 56.4 Å². The lowest BCUT2D eigenvalue weighted by atomic mass is 9.92. The van der Waals surface area contributed by atoms with Gasteiger partial charge in [-0.05, 0) is 51.2 Å². The van der Waals surface area contributed by atoms with Crippen LogP contribution in [0.1, 0.15) is 39.2 Å². The van der Waals surface area contributed by atoms with E-state index in [9.17, 15) is 15.0 Å². The summed E-state index contributed by atoms with van der Waals surface area (Å²) >= 11 is 6.36. The fourth-order valence-electron chi connectivity index (χ4n) is 4.37. The summed E-state index contributed by atoms with van der Waals surface area (Å²) in [5, 5.41) is 28.4. The number of carbonyl (C=O) groups is 1. The van der Waals surface area contributed by atoms with Crippen molar-refractivity contribution in [1.82, 2.24) is 14.3 Å². The number of methoxy groups -OCH3 is 1. The molecule has 1 atom stereocenters. The van der Waals surface area contributed by atoms with Crippen LogP contribution in [0.25, 0.3) is 0 Å². The summed E-state index contributed by atoms with van der Waals surface area (Å²) in [6, 6.07) is 7.54. The molecule has 1 fully saturated rings. The van der Waals surface area contributed by atoms with Crippen molar-refractivity contribution >= 4 is 23.3 Å². The molecule has 3 aromatic rings. The number of hydrogen-bond acceptors (Lipinski definition) is 7. The summed E-state index contributed by atoms with van der Waals surface area (Å²) in [5.41, 5.74) is -0.947. The standard InChI is InChI=1S/C26H33ClN4O6/c1-26(2,34)16-30-10-7-22(29-30)28-25(33)19(13-17-8-11-36-12-9-17)31-15-18(14-23(31)32)37-21-6-4-5-20(35-3)24(21)27/h4-7,10,14-15,17,19,32,34H,8-9,11-13,16H2,1-3H3,(H,28,29,33)/t19-/m1/s1. The number of rotatable bonds is 10. The fourth-order valence-corrected chi connectivity index (χ4v) is 4.61. The van der Waals surface area contributed by atoms with E-state index in [2.05, 4.69) is 10.4 Å². The van der Waals surface area contributed by atoms with Crippen molar-refractivity contribution in [2.75, 3.05) is 25.6 Å². The number of anilines is 1. The quantitative estimate of drug-likeness (QED) is 0.348. The lowest BCUT2D eigenvalue weighted by molar-refractivity contribution is -0.120. The number of nitrogens with zero attached hydrogens (tertiary/aromatic N) is 3. The molecular formula is C26H33ClN4O6. The minimum absolute atomic E-state index is 0.117. The zero-order valence-electron chi connectivity index (χ0n) is 21.2. The fraction of sp³-hybridized carbons (Fsp3) is 0.462. The summed E-state index contributed by atoms with van der Waals surface area (Å²) in [6.45, 7) is 4.93. The van der Waals surface area contributed by atoms with E-state index in [0.717, 1.165) is 12.8 Å². The van der Waals surface area contributed by atoms with Gasteiger partial charge in [0.05, 0.1) is 25.5 Å². The molecule has 0 radical (unpaired) electrons. The Hall–Kier alpha value is -3.21. The van der Waals surface area contributed by atoms with E-state index in [1.165, 1.54) is 17.7 Å². The average molecular weight is 533 g/mol. The molecule has 2 aromatic heterocycles. The molecule has 0 bridgehead atoms. The van der Waals surface area contributed by atoms with Gasteiger partial charge < -0.3 is 34.3 Å². The molecule has 37 heavy (non-hydrogen) atoms. The maximum absolute atomic E-state index is 13.5. The van der Waals surface area contributed by atoms with E-state index >= 15 is 0 Å². The van der Waals surface area contributed by atoms with Gasteiger partial charge in [0.25, 0.3) is 0 Å². The van der Waals surface area contributed by atoms with Crippen LogP contribution >= 0.6 is 11.6 Å². The van der Waals surface area contributed by atoms with Crippen molar-refractivity contribution in [2.24, 2.45) is 5.92 Å². The summed E-state index contributed by atoms with van der Waals surface area (Å²) in [5.74, 6) is 1.32. The smallest absolute Gasteiger partial charge is 0.248 e. The van der Waals surface area contributed by atoms with Crippen LogP contribution in [0.2, 0.25) is 5.02 Å². The Morgan fingerprint density at radius 2 is 2.03 bits per heavy atom. The van der Waals surface area contributed by atoms with Crippen molar-refractivity contribution < 1.29 is 29.2 Å². The van der Waals surface area contributed by atoms with Crippen molar-refractivity contribution in [3.05, 3.63) is 47.7 Å². The van der Waals surface area contributed by atoms with Gasteiger partial charge in [-0.25, -0.2) is 0 Å². The molecule has 4 rings (SSSR count). The number of halogens is 1. The van der Waals surface area contributed by atoms with Crippen LogP contribution in [0.3, 0.4) is 0 Å². The SMILES string of the molecule is COc1cccc(Oc2cc(O)n([C@H](CC3CCOCC3)C(=O)Nc3ccn(CC(C)(C)O)n3)c2)c1Cl. The van der Waals surface area contributed by atoms with E-state index in [1.54, 1.807) is 55.2 Å². The first kappa shape index (κ1) is 26.8. The molecule has 0 saturated carbocycles. The predicted molar refractivity (Wildman–Crippen MR) is 139 cm³/mol. The van der Waals surface area contributed by atoms with Crippen molar-refractivity contribution in [3.8, 4) is 23.1 Å². The Morgan fingerprint density at radius 1 is 1.30 bits per heavy atom.